The first kappa shape index (κ1) is 26.3. The third-order valence-electron chi connectivity index (χ3n) is 7.46. The number of rotatable bonds is 8. The fourth-order valence-corrected chi connectivity index (χ4v) is 5.21. The van der Waals surface area contributed by atoms with Gasteiger partial charge in [-0.3, -0.25) is 19.8 Å². The summed E-state index contributed by atoms with van der Waals surface area (Å²) < 4.78 is 5.16. The van der Waals surface area contributed by atoms with Crippen LogP contribution in [0.1, 0.15) is 59.9 Å². The van der Waals surface area contributed by atoms with Crippen molar-refractivity contribution in [2.24, 2.45) is 11.0 Å². The Morgan fingerprint density at radius 1 is 1.16 bits per heavy atom. The van der Waals surface area contributed by atoms with Gasteiger partial charge >= 0.3 is 5.97 Å². The van der Waals surface area contributed by atoms with Crippen LogP contribution >= 0.6 is 0 Å². The van der Waals surface area contributed by atoms with Gasteiger partial charge in [0.2, 0.25) is 5.78 Å². The fourth-order valence-electron chi connectivity index (χ4n) is 5.21. The van der Waals surface area contributed by atoms with Gasteiger partial charge in [0, 0.05) is 13.7 Å². The smallest absolute Gasteiger partial charge is 0.306 e. The molecule has 1 aliphatic carbocycles. The molecule has 1 aliphatic heterocycles. The standard InChI is InChI=1S/C28H33N3O6/c1-16-10-11-19(14-17(16)2)24-26(33)23(27(34)31(24)12-13-37-3)30-29-22-9-5-8-21(25(22)32)18-6-4-7-20(15-18)28(35)36/h5,8-11,14,18,20,24,29,32H,4,6-7,12-13,15H2,1-3H3,(H,35,36). The number of carboxylic acids is 1. The Morgan fingerprint density at radius 2 is 1.95 bits per heavy atom. The molecule has 4 rings (SSSR count). The highest BCUT2D eigenvalue weighted by atomic mass is 16.5. The van der Waals surface area contributed by atoms with Crippen LogP contribution in [0, 0.1) is 19.8 Å². The number of ketones is 1. The number of aromatic hydroxyl groups is 1. The summed E-state index contributed by atoms with van der Waals surface area (Å²) in [6, 6.07) is 9.99. The summed E-state index contributed by atoms with van der Waals surface area (Å²) in [6.07, 6.45) is 2.62. The van der Waals surface area contributed by atoms with Crippen molar-refractivity contribution in [2.45, 2.75) is 51.5 Å². The molecule has 0 bridgehead atoms. The Bertz CT molecular complexity index is 1240. The van der Waals surface area contributed by atoms with Gasteiger partial charge in [-0.1, -0.05) is 36.8 Å². The fraction of sp³-hybridized carbons (Fsp3) is 0.429. The number of carboxylic acid groups (broad SMARTS) is 1. The van der Waals surface area contributed by atoms with Crippen LogP contribution < -0.4 is 5.43 Å². The summed E-state index contributed by atoms with van der Waals surface area (Å²) in [5, 5.41) is 24.5. The number of ether oxygens (including phenoxy) is 1. The number of anilines is 1. The molecule has 37 heavy (non-hydrogen) atoms. The number of methoxy groups -OCH3 is 1. The number of aliphatic carboxylic acids is 1. The topological polar surface area (TPSA) is 129 Å². The van der Waals surface area contributed by atoms with Gasteiger partial charge in [-0.05, 0) is 67.3 Å². The van der Waals surface area contributed by atoms with Gasteiger partial charge in [0.1, 0.15) is 11.8 Å². The SMILES string of the molecule is COCCN1C(=O)C(=NNc2cccc(C3CCCC(C(=O)O)C3)c2O)C(=O)C1c1ccc(C)c(C)c1. The van der Waals surface area contributed by atoms with Crippen LogP contribution in [0.4, 0.5) is 5.69 Å². The van der Waals surface area contributed by atoms with E-state index in [9.17, 15) is 24.6 Å². The molecule has 0 spiro atoms. The Morgan fingerprint density at radius 3 is 2.65 bits per heavy atom. The zero-order chi connectivity index (χ0) is 26.7. The molecule has 2 aromatic rings. The van der Waals surface area contributed by atoms with Crippen molar-refractivity contribution < 1.29 is 29.3 Å². The number of nitrogens with one attached hydrogen (secondary N) is 1. The van der Waals surface area contributed by atoms with Crippen LogP contribution in [0.25, 0.3) is 0 Å². The van der Waals surface area contributed by atoms with E-state index in [4.69, 9.17) is 4.74 Å². The zero-order valence-corrected chi connectivity index (χ0v) is 21.4. The summed E-state index contributed by atoms with van der Waals surface area (Å²) >= 11 is 0. The Labute approximate surface area is 216 Å². The molecule has 0 radical (unpaired) electrons. The second-order valence-corrected chi connectivity index (χ2v) is 9.82. The predicted molar refractivity (Wildman–Crippen MR) is 139 cm³/mol. The molecule has 0 aromatic heterocycles. The molecule has 1 amide bonds. The second kappa shape index (κ2) is 11.1. The molecule has 3 atom stereocenters. The van der Waals surface area contributed by atoms with Gasteiger partial charge in [0.05, 0.1) is 18.2 Å². The van der Waals surface area contributed by atoms with Gasteiger partial charge in [-0.25, -0.2) is 0 Å². The Kier molecular flexibility index (Phi) is 7.92. The maximum atomic E-state index is 13.4. The van der Waals surface area contributed by atoms with Gasteiger partial charge in [0.15, 0.2) is 5.71 Å². The van der Waals surface area contributed by atoms with Crippen molar-refractivity contribution in [3.8, 4) is 5.75 Å². The number of benzene rings is 2. The number of phenols is 1. The molecule has 3 N–H and O–H groups in total. The summed E-state index contributed by atoms with van der Waals surface area (Å²) in [5.41, 5.74) is 6.17. The van der Waals surface area contributed by atoms with Crippen molar-refractivity contribution in [3.63, 3.8) is 0 Å². The molecule has 9 nitrogen and oxygen atoms in total. The van der Waals surface area contributed by atoms with Crippen molar-refractivity contribution in [2.75, 3.05) is 25.7 Å². The molecule has 1 saturated heterocycles. The van der Waals surface area contributed by atoms with Crippen LogP contribution in [0.15, 0.2) is 41.5 Å². The number of carbonyl (C=O) groups excluding carboxylic acids is 2. The first-order valence-corrected chi connectivity index (χ1v) is 12.5. The van der Waals surface area contributed by atoms with E-state index >= 15 is 0 Å². The number of likely N-dealkylation sites (tertiary alicyclic amines) is 1. The number of aryl methyl sites for hydroxylation is 2. The number of phenolic OH excluding ortho intramolecular Hbond substituents is 1. The molecular weight excluding hydrogens is 474 g/mol. The lowest BCUT2D eigenvalue weighted by atomic mass is 9.77. The van der Waals surface area contributed by atoms with Gasteiger partial charge in [0.25, 0.3) is 5.91 Å². The lowest BCUT2D eigenvalue weighted by molar-refractivity contribution is -0.143. The summed E-state index contributed by atoms with van der Waals surface area (Å²) in [6.45, 7) is 4.43. The lowest BCUT2D eigenvalue weighted by Gasteiger charge is -2.27. The molecule has 3 unspecified atom stereocenters. The van der Waals surface area contributed by atoms with E-state index in [1.54, 1.807) is 18.2 Å². The number of hydrogen-bond donors (Lipinski definition) is 3. The maximum Gasteiger partial charge on any atom is 0.306 e. The third-order valence-corrected chi connectivity index (χ3v) is 7.46. The lowest BCUT2D eigenvalue weighted by Crippen LogP contribution is -2.33. The number of hydrogen-bond acceptors (Lipinski definition) is 7. The summed E-state index contributed by atoms with van der Waals surface area (Å²) in [7, 11) is 1.53. The number of nitrogens with zero attached hydrogens (tertiary/aromatic N) is 2. The van der Waals surface area contributed by atoms with Crippen molar-refractivity contribution >= 4 is 29.1 Å². The van der Waals surface area contributed by atoms with E-state index in [2.05, 4.69) is 10.5 Å². The van der Waals surface area contributed by atoms with Crippen molar-refractivity contribution in [3.05, 3.63) is 58.7 Å². The molecule has 1 saturated carbocycles. The number of carbonyl (C=O) groups is 3. The quantitative estimate of drug-likeness (QED) is 0.365. The highest BCUT2D eigenvalue weighted by Gasteiger charge is 2.45. The van der Waals surface area contributed by atoms with E-state index < -0.39 is 29.6 Å². The van der Waals surface area contributed by atoms with E-state index in [-0.39, 0.29) is 36.2 Å². The summed E-state index contributed by atoms with van der Waals surface area (Å²) in [4.78, 5) is 39.6. The van der Waals surface area contributed by atoms with Crippen LogP contribution in [0.5, 0.6) is 5.75 Å². The first-order valence-electron chi connectivity index (χ1n) is 12.5. The number of amides is 1. The van der Waals surface area contributed by atoms with E-state index in [1.807, 2.05) is 32.0 Å². The Balaban J connectivity index is 1.60. The van der Waals surface area contributed by atoms with Crippen molar-refractivity contribution in [1.82, 2.24) is 4.90 Å². The van der Waals surface area contributed by atoms with Crippen LogP contribution in [-0.4, -0.2) is 58.7 Å². The van der Waals surface area contributed by atoms with Gasteiger partial charge < -0.3 is 19.8 Å². The number of Topliss-reactive ketones (excluding diaryl/α,β-unsaturated/α-hetero) is 1. The molecule has 9 heteroatoms. The molecule has 2 fully saturated rings. The highest BCUT2D eigenvalue weighted by Crippen LogP contribution is 2.42. The van der Waals surface area contributed by atoms with Crippen LogP contribution in [-0.2, 0) is 19.1 Å². The Hall–Kier alpha value is -3.72. The zero-order valence-electron chi connectivity index (χ0n) is 21.4. The first-order chi connectivity index (χ1) is 17.7. The van der Waals surface area contributed by atoms with E-state index in [0.29, 0.717) is 24.0 Å². The van der Waals surface area contributed by atoms with Gasteiger partial charge in [-0.2, -0.15) is 5.10 Å². The minimum Gasteiger partial charge on any atom is -0.505 e. The average Bonchev–Trinajstić information content (AvgIpc) is 3.12. The monoisotopic (exact) mass is 507 g/mol. The molecule has 2 aromatic carbocycles. The minimum absolute atomic E-state index is 0.0530. The van der Waals surface area contributed by atoms with Gasteiger partial charge in [-0.15, -0.1) is 0 Å². The molecule has 2 aliphatic rings. The second-order valence-electron chi connectivity index (χ2n) is 9.82. The predicted octanol–water partition coefficient (Wildman–Crippen LogP) is 3.93. The highest BCUT2D eigenvalue weighted by molar-refractivity contribution is 6.69. The van der Waals surface area contributed by atoms with E-state index in [0.717, 1.165) is 24.0 Å². The maximum absolute atomic E-state index is 13.4. The van der Waals surface area contributed by atoms with Crippen LogP contribution in [0.2, 0.25) is 0 Å². The largest absolute Gasteiger partial charge is 0.505 e. The molecule has 1 heterocycles. The molecule has 196 valence electrons. The number of hydrazone groups is 1. The molecular formula is C28H33N3O6. The minimum atomic E-state index is -0.820. The normalized spacial score (nSPS) is 23.1. The third kappa shape index (κ3) is 5.36. The van der Waals surface area contributed by atoms with Crippen LogP contribution in [0.3, 0.4) is 0 Å². The number of para-hydroxylation sites is 1. The van der Waals surface area contributed by atoms with E-state index in [1.165, 1.54) is 12.0 Å². The summed E-state index contributed by atoms with van der Waals surface area (Å²) in [5.74, 6) is -2.35. The van der Waals surface area contributed by atoms with Crippen molar-refractivity contribution in [1.29, 1.82) is 0 Å². The average molecular weight is 508 g/mol.